The van der Waals surface area contributed by atoms with Crippen LogP contribution in [-0.4, -0.2) is 42.5 Å². The molecule has 1 aliphatic rings. The second-order valence-corrected chi connectivity index (χ2v) is 7.68. The maximum atomic E-state index is 12.9. The van der Waals surface area contributed by atoms with Crippen molar-refractivity contribution in [3.8, 4) is 0 Å². The number of benzene rings is 1. The van der Waals surface area contributed by atoms with Crippen molar-refractivity contribution in [1.82, 2.24) is 14.2 Å². The smallest absolute Gasteiger partial charge is 0.408 e. The molecule has 1 aliphatic heterocycles. The minimum Gasteiger partial charge on any atom is -0.408 e. The van der Waals surface area contributed by atoms with E-state index in [1.54, 1.807) is 13.1 Å². The van der Waals surface area contributed by atoms with Crippen LogP contribution in [0.2, 0.25) is 0 Å². The number of piperazine rings is 1. The Morgan fingerprint density at radius 1 is 1.32 bits per heavy atom. The Kier molecular flexibility index (Phi) is 3.62. The van der Waals surface area contributed by atoms with Crippen molar-refractivity contribution >= 4 is 21.1 Å². The number of sulfonamides is 1. The summed E-state index contributed by atoms with van der Waals surface area (Å²) < 4.78 is 33.6. The van der Waals surface area contributed by atoms with Gasteiger partial charge in [-0.1, -0.05) is 0 Å². The van der Waals surface area contributed by atoms with Gasteiger partial charge in [-0.2, -0.15) is 4.31 Å². The van der Waals surface area contributed by atoms with E-state index in [4.69, 9.17) is 4.42 Å². The molecule has 0 bridgehead atoms. The molecule has 2 atom stereocenters. The average Bonchev–Trinajstić information content (AvgIpc) is 2.76. The van der Waals surface area contributed by atoms with Gasteiger partial charge < -0.3 is 9.73 Å². The summed E-state index contributed by atoms with van der Waals surface area (Å²) in [6.45, 7) is 4.86. The summed E-state index contributed by atoms with van der Waals surface area (Å²) >= 11 is 0. The topological polar surface area (TPSA) is 84.6 Å². The Labute approximate surface area is 128 Å². The molecule has 120 valence electrons. The summed E-state index contributed by atoms with van der Waals surface area (Å²) in [5, 5.41) is 3.26. The third-order valence-corrected chi connectivity index (χ3v) is 6.05. The zero-order valence-corrected chi connectivity index (χ0v) is 13.6. The molecule has 2 unspecified atom stereocenters. The van der Waals surface area contributed by atoms with E-state index in [1.807, 2.05) is 13.8 Å². The van der Waals surface area contributed by atoms with Crippen molar-refractivity contribution < 1.29 is 12.8 Å². The van der Waals surface area contributed by atoms with Crippen molar-refractivity contribution in [2.45, 2.75) is 30.8 Å². The van der Waals surface area contributed by atoms with Gasteiger partial charge in [-0.05, 0) is 26.0 Å². The van der Waals surface area contributed by atoms with E-state index < -0.39 is 15.8 Å². The first-order valence-corrected chi connectivity index (χ1v) is 8.59. The molecule has 0 aliphatic carbocycles. The zero-order valence-electron chi connectivity index (χ0n) is 12.7. The number of nitrogens with one attached hydrogen (secondary N) is 1. The number of hydrogen-bond donors (Lipinski definition) is 1. The van der Waals surface area contributed by atoms with Crippen molar-refractivity contribution in [1.29, 1.82) is 0 Å². The molecule has 8 heteroatoms. The molecule has 1 aromatic heterocycles. The summed E-state index contributed by atoms with van der Waals surface area (Å²) in [5.74, 6) is -0.506. The van der Waals surface area contributed by atoms with Gasteiger partial charge in [-0.15, -0.1) is 0 Å². The van der Waals surface area contributed by atoms with Crippen LogP contribution in [0.3, 0.4) is 0 Å². The minimum absolute atomic E-state index is 0.101. The molecule has 0 radical (unpaired) electrons. The number of hydrogen-bond acceptors (Lipinski definition) is 5. The van der Waals surface area contributed by atoms with E-state index in [0.717, 1.165) is 0 Å². The quantitative estimate of drug-likeness (QED) is 0.869. The third kappa shape index (κ3) is 2.37. The van der Waals surface area contributed by atoms with Gasteiger partial charge in [0, 0.05) is 38.3 Å². The molecule has 0 amide bonds. The van der Waals surface area contributed by atoms with Crippen LogP contribution in [0.1, 0.15) is 13.8 Å². The maximum absolute atomic E-state index is 12.9. The van der Waals surface area contributed by atoms with Crippen LogP contribution < -0.4 is 11.1 Å². The molecule has 1 N–H and O–H groups in total. The fourth-order valence-corrected chi connectivity index (χ4v) is 4.47. The second kappa shape index (κ2) is 5.22. The molecular weight excluding hydrogens is 306 g/mol. The van der Waals surface area contributed by atoms with Gasteiger partial charge in [0.15, 0.2) is 5.58 Å². The van der Waals surface area contributed by atoms with Crippen LogP contribution in [0.15, 0.2) is 32.3 Å². The molecule has 0 spiro atoms. The first kappa shape index (κ1) is 15.3. The largest absolute Gasteiger partial charge is 0.419 e. The summed E-state index contributed by atoms with van der Waals surface area (Å²) in [6, 6.07) is 4.52. The third-order valence-electron chi connectivity index (χ3n) is 4.08. The fraction of sp³-hybridized carbons (Fsp3) is 0.500. The molecule has 22 heavy (non-hydrogen) atoms. The molecule has 7 nitrogen and oxygen atoms in total. The highest BCUT2D eigenvalue weighted by Gasteiger charge is 2.33. The maximum Gasteiger partial charge on any atom is 0.419 e. The lowest BCUT2D eigenvalue weighted by atomic mass is 10.2. The van der Waals surface area contributed by atoms with Gasteiger partial charge in [-0.3, -0.25) is 4.57 Å². The normalized spacial score (nSPS) is 24.0. The molecule has 3 rings (SSSR count). The summed E-state index contributed by atoms with van der Waals surface area (Å²) in [6.07, 6.45) is 0. The summed E-state index contributed by atoms with van der Waals surface area (Å²) in [7, 11) is -2.03. The Morgan fingerprint density at radius 2 is 2.05 bits per heavy atom. The molecule has 1 aromatic carbocycles. The Bertz CT molecular complexity index is 868. The highest BCUT2D eigenvalue weighted by Crippen LogP contribution is 2.24. The van der Waals surface area contributed by atoms with E-state index in [2.05, 4.69) is 5.32 Å². The zero-order chi connectivity index (χ0) is 16.1. The Hall–Kier alpha value is -1.64. The Balaban J connectivity index is 2.06. The lowest BCUT2D eigenvalue weighted by molar-refractivity contribution is 0.244. The van der Waals surface area contributed by atoms with Crippen LogP contribution in [-0.2, 0) is 17.1 Å². The van der Waals surface area contributed by atoms with Crippen LogP contribution in [0, 0.1) is 0 Å². The number of nitrogens with zero attached hydrogens (tertiary/aromatic N) is 2. The highest BCUT2D eigenvalue weighted by atomic mass is 32.2. The van der Waals surface area contributed by atoms with E-state index in [1.165, 1.54) is 21.0 Å². The van der Waals surface area contributed by atoms with E-state index >= 15 is 0 Å². The fourth-order valence-electron chi connectivity index (χ4n) is 2.73. The second-order valence-electron chi connectivity index (χ2n) is 5.79. The van der Waals surface area contributed by atoms with E-state index in [0.29, 0.717) is 18.6 Å². The van der Waals surface area contributed by atoms with Gasteiger partial charge in [0.25, 0.3) is 0 Å². The van der Waals surface area contributed by atoms with E-state index in [-0.39, 0.29) is 22.6 Å². The van der Waals surface area contributed by atoms with E-state index in [9.17, 15) is 13.2 Å². The van der Waals surface area contributed by atoms with Crippen LogP contribution in [0.25, 0.3) is 11.1 Å². The average molecular weight is 325 g/mol. The number of fused-ring (bicyclic) bond motifs is 1. The SMILES string of the molecule is CC1CN(S(=O)(=O)c2ccc3c(c2)oc(=O)n3C)C(C)CN1. The molecule has 2 heterocycles. The molecular formula is C14H19N3O4S. The standard InChI is InChI=1S/C14H19N3O4S/c1-9-8-17(10(2)7-15-9)22(19,20)11-4-5-12-13(6-11)21-14(18)16(12)3/h4-6,9-10,15H,7-8H2,1-3H3. The number of rotatable bonds is 2. The van der Waals surface area contributed by atoms with Crippen LogP contribution in [0.4, 0.5) is 0 Å². The lowest BCUT2D eigenvalue weighted by Crippen LogP contribution is -2.56. The van der Waals surface area contributed by atoms with Crippen molar-refractivity contribution in [2.24, 2.45) is 7.05 Å². The monoisotopic (exact) mass is 325 g/mol. The first-order valence-electron chi connectivity index (χ1n) is 7.15. The van der Waals surface area contributed by atoms with Crippen LogP contribution in [0.5, 0.6) is 0 Å². The van der Waals surface area contributed by atoms with Gasteiger partial charge in [0.2, 0.25) is 10.0 Å². The predicted molar refractivity (Wildman–Crippen MR) is 82.3 cm³/mol. The molecule has 2 aromatic rings. The van der Waals surface area contributed by atoms with Gasteiger partial charge in [-0.25, -0.2) is 13.2 Å². The van der Waals surface area contributed by atoms with Crippen molar-refractivity contribution in [3.63, 3.8) is 0 Å². The Morgan fingerprint density at radius 3 is 2.77 bits per heavy atom. The molecule has 1 saturated heterocycles. The number of aromatic nitrogens is 1. The summed E-state index contributed by atoms with van der Waals surface area (Å²) in [5.41, 5.74) is 0.857. The van der Waals surface area contributed by atoms with Gasteiger partial charge in [0.05, 0.1) is 10.4 Å². The number of oxazole rings is 1. The molecule has 1 fully saturated rings. The van der Waals surface area contributed by atoms with Crippen molar-refractivity contribution in [2.75, 3.05) is 13.1 Å². The van der Waals surface area contributed by atoms with Crippen LogP contribution >= 0.6 is 0 Å². The summed E-state index contributed by atoms with van der Waals surface area (Å²) in [4.78, 5) is 11.7. The molecule has 0 saturated carbocycles. The lowest BCUT2D eigenvalue weighted by Gasteiger charge is -2.36. The first-order chi connectivity index (χ1) is 10.3. The number of aryl methyl sites for hydroxylation is 1. The van der Waals surface area contributed by atoms with Crippen molar-refractivity contribution in [3.05, 3.63) is 28.7 Å². The minimum atomic E-state index is -3.62. The predicted octanol–water partition coefficient (Wildman–Crippen LogP) is 0.502. The highest BCUT2D eigenvalue weighted by molar-refractivity contribution is 7.89. The van der Waals surface area contributed by atoms with Gasteiger partial charge in [0.1, 0.15) is 0 Å². The van der Waals surface area contributed by atoms with Gasteiger partial charge >= 0.3 is 5.76 Å².